The molecule has 0 aromatic rings. The second-order valence-electron chi connectivity index (χ2n) is 5.10. The summed E-state index contributed by atoms with van der Waals surface area (Å²) in [5, 5.41) is 30.3. The Morgan fingerprint density at radius 1 is 0.875 bits per heavy atom. The molecular weight excluding hydrogens is 326 g/mol. The zero-order valence-electron chi connectivity index (χ0n) is 13.0. The van der Waals surface area contributed by atoms with Crippen molar-refractivity contribution >= 4 is 29.7 Å². The maximum Gasteiger partial charge on any atom is 0.326 e. The van der Waals surface area contributed by atoms with Gasteiger partial charge in [0.25, 0.3) is 0 Å². The van der Waals surface area contributed by atoms with E-state index in [0.29, 0.717) is 0 Å². The van der Waals surface area contributed by atoms with Gasteiger partial charge in [-0.05, 0) is 19.8 Å². The number of hydrogen-bond acceptors (Lipinski definition) is 6. The number of nitrogens with one attached hydrogen (secondary N) is 2. The minimum Gasteiger partial charge on any atom is -0.481 e. The Bertz CT molecular complexity index is 507. The molecule has 11 heteroatoms. The third-order valence-corrected chi connectivity index (χ3v) is 3.02. The van der Waals surface area contributed by atoms with Crippen LogP contribution in [0.25, 0.3) is 0 Å². The highest BCUT2D eigenvalue weighted by atomic mass is 16.4. The molecule has 3 unspecified atom stereocenters. The smallest absolute Gasteiger partial charge is 0.326 e. The monoisotopic (exact) mass is 347 g/mol. The Labute approximate surface area is 137 Å². The first kappa shape index (κ1) is 21.3. The van der Waals surface area contributed by atoms with Gasteiger partial charge in [-0.15, -0.1) is 0 Å². The zero-order valence-corrected chi connectivity index (χ0v) is 13.0. The summed E-state index contributed by atoms with van der Waals surface area (Å²) in [7, 11) is 0. The van der Waals surface area contributed by atoms with Crippen LogP contribution in [0.3, 0.4) is 0 Å². The number of hydrogen-bond donors (Lipinski definition) is 6. The van der Waals surface area contributed by atoms with E-state index in [-0.39, 0.29) is 19.3 Å². The van der Waals surface area contributed by atoms with Crippen molar-refractivity contribution in [1.82, 2.24) is 10.6 Å². The fourth-order valence-electron chi connectivity index (χ4n) is 1.62. The highest BCUT2D eigenvalue weighted by Crippen LogP contribution is 2.00. The van der Waals surface area contributed by atoms with E-state index in [0.717, 1.165) is 0 Å². The van der Waals surface area contributed by atoms with Crippen molar-refractivity contribution in [3.8, 4) is 0 Å². The molecule has 0 radical (unpaired) electrons. The molecule has 0 bridgehead atoms. The largest absolute Gasteiger partial charge is 0.481 e. The first-order valence-corrected chi connectivity index (χ1v) is 7.07. The summed E-state index contributed by atoms with van der Waals surface area (Å²) in [4.78, 5) is 55.4. The van der Waals surface area contributed by atoms with Gasteiger partial charge in [0.15, 0.2) is 0 Å². The molecule has 7 N–H and O–H groups in total. The van der Waals surface area contributed by atoms with Crippen molar-refractivity contribution in [3.63, 3.8) is 0 Å². The second kappa shape index (κ2) is 10.2. The summed E-state index contributed by atoms with van der Waals surface area (Å²) in [5.41, 5.74) is 5.48. The molecule has 0 heterocycles. The van der Waals surface area contributed by atoms with Crippen LogP contribution in [-0.2, 0) is 24.0 Å². The van der Waals surface area contributed by atoms with Crippen molar-refractivity contribution in [3.05, 3.63) is 0 Å². The molecule has 0 aromatic carbocycles. The van der Waals surface area contributed by atoms with E-state index in [9.17, 15) is 24.0 Å². The topological polar surface area (TPSA) is 196 Å². The minimum atomic E-state index is -1.41. The van der Waals surface area contributed by atoms with Crippen LogP contribution in [0.2, 0.25) is 0 Å². The lowest BCUT2D eigenvalue weighted by Crippen LogP contribution is -2.53. The lowest BCUT2D eigenvalue weighted by atomic mass is 10.1. The summed E-state index contributed by atoms with van der Waals surface area (Å²) >= 11 is 0. The van der Waals surface area contributed by atoms with Crippen LogP contribution >= 0.6 is 0 Å². The van der Waals surface area contributed by atoms with E-state index in [4.69, 9.17) is 21.1 Å². The Morgan fingerprint density at radius 2 is 1.38 bits per heavy atom. The van der Waals surface area contributed by atoms with Crippen LogP contribution < -0.4 is 16.4 Å². The molecular formula is C13H21N3O8. The SMILES string of the molecule is CC(NC(=O)C(N)CCC(=O)O)C(=O)NC(CCC(=O)O)C(=O)O. The Kier molecular flexibility index (Phi) is 9.02. The predicted molar refractivity (Wildman–Crippen MR) is 78.9 cm³/mol. The van der Waals surface area contributed by atoms with E-state index < -0.39 is 54.3 Å². The van der Waals surface area contributed by atoms with E-state index >= 15 is 0 Å². The summed E-state index contributed by atoms with van der Waals surface area (Å²) in [5.74, 6) is -5.31. The number of carboxylic acid groups (broad SMARTS) is 3. The molecule has 0 saturated heterocycles. The molecule has 3 atom stereocenters. The molecule has 0 aliphatic carbocycles. The third-order valence-electron chi connectivity index (χ3n) is 3.02. The summed E-state index contributed by atoms with van der Waals surface area (Å²) in [6.45, 7) is 1.28. The summed E-state index contributed by atoms with van der Waals surface area (Å²) in [6, 6.07) is -3.66. The van der Waals surface area contributed by atoms with Gasteiger partial charge in [-0.25, -0.2) is 4.79 Å². The fraction of sp³-hybridized carbons (Fsp3) is 0.615. The Morgan fingerprint density at radius 3 is 1.83 bits per heavy atom. The predicted octanol–water partition coefficient (Wildman–Crippen LogP) is -1.88. The van der Waals surface area contributed by atoms with Crippen LogP contribution in [0, 0.1) is 0 Å². The quantitative estimate of drug-likeness (QED) is 0.248. The summed E-state index contributed by atoms with van der Waals surface area (Å²) in [6.07, 6.45) is -1.19. The number of nitrogens with two attached hydrogens (primary N) is 1. The van der Waals surface area contributed by atoms with Gasteiger partial charge in [0.2, 0.25) is 11.8 Å². The molecule has 0 rings (SSSR count). The highest BCUT2D eigenvalue weighted by Gasteiger charge is 2.25. The van der Waals surface area contributed by atoms with Crippen LogP contribution in [0.15, 0.2) is 0 Å². The van der Waals surface area contributed by atoms with E-state index in [1.54, 1.807) is 0 Å². The van der Waals surface area contributed by atoms with Gasteiger partial charge in [0, 0.05) is 12.8 Å². The van der Waals surface area contributed by atoms with Gasteiger partial charge < -0.3 is 31.7 Å². The molecule has 24 heavy (non-hydrogen) atoms. The van der Waals surface area contributed by atoms with Gasteiger partial charge in [-0.1, -0.05) is 0 Å². The van der Waals surface area contributed by atoms with Gasteiger partial charge in [0.05, 0.1) is 6.04 Å². The lowest BCUT2D eigenvalue weighted by Gasteiger charge is -2.19. The van der Waals surface area contributed by atoms with Gasteiger partial charge >= 0.3 is 17.9 Å². The molecule has 136 valence electrons. The molecule has 0 spiro atoms. The van der Waals surface area contributed by atoms with Gasteiger partial charge in [-0.2, -0.15) is 0 Å². The maximum absolute atomic E-state index is 11.9. The molecule has 0 fully saturated rings. The van der Waals surface area contributed by atoms with Crippen LogP contribution in [-0.4, -0.2) is 63.2 Å². The second-order valence-corrected chi connectivity index (χ2v) is 5.10. The van der Waals surface area contributed by atoms with Crippen molar-refractivity contribution in [2.24, 2.45) is 5.73 Å². The Balaban J connectivity index is 4.51. The third kappa shape index (κ3) is 8.68. The standard InChI is InChI=1S/C13H21N3O8/c1-6(15-12(22)7(14)2-4-9(17)18)11(21)16-8(13(23)24)3-5-10(19)20/h6-8H,2-5,14H2,1H3,(H,15,22)(H,16,21)(H,17,18)(H,19,20)(H,23,24). The number of carbonyl (C=O) groups excluding carboxylic acids is 2. The van der Waals surface area contributed by atoms with Crippen LogP contribution in [0.4, 0.5) is 0 Å². The van der Waals surface area contributed by atoms with E-state index in [1.807, 2.05) is 0 Å². The highest BCUT2D eigenvalue weighted by molar-refractivity contribution is 5.91. The number of aliphatic carboxylic acids is 3. The molecule has 0 aliphatic heterocycles. The number of carboxylic acids is 3. The van der Waals surface area contributed by atoms with Gasteiger partial charge in [-0.3, -0.25) is 19.2 Å². The zero-order chi connectivity index (χ0) is 18.9. The average Bonchev–Trinajstić information content (AvgIpc) is 2.47. The van der Waals surface area contributed by atoms with E-state index in [1.165, 1.54) is 6.92 Å². The average molecular weight is 347 g/mol. The Hall–Kier alpha value is -2.69. The molecule has 0 aromatic heterocycles. The number of rotatable bonds is 11. The van der Waals surface area contributed by atoms with E-state index in [2.05, 4.69) is 10.6 Å². The van der Waals surface area contributed by atoms with Gasteiger partial charge in [0.1, 0.15) is 12.1 Å². The molecule has 0 saturated carbocycles. The molecule has 11 nitrogen and oxygen atoms in total. The number of carbonyl (C=O) groups is 5. The minimum absolute atomic E-state index is 0.119. The molecule has 0 aliphatic rings. The summed E-state index contributed by atoms with van der Waals surface area (Å²) < 4.78 is 0. The van der Waals surface area contributed by atoms with Crippen molar-refractivity contribution in [1.29, 1.82) is 0 Å². The normalized spacial score (nSPS) is 14.1. The van der Waals surface area contributed by atoms with Crippen LogP contribution in [0.5, 0.6) is 0 Å². The first-order valence-electron chi connectivity index (χ1n) is 7.07. The molecule has 2 amide bonds. The first-order chi connectivity index (χ1) is 11.0. The number of amides is 2. The van der Waals surface area contributed by atoms with Crippen molar-refractivity contribution < 1.29 is 39.3 Å². The van der Waals surface area contributed by atoms with Crippen molar-refractivity contribution in [2.75, 3.05) is 0 Å². The fourth-order valence-corrected chi connectivity index (χ4v) is 1.62. The van der Waals surface area contributed by atoms with Crippen molar-refractivity contribution in [2.45, 2.75) is 50.7 Å². The lowest BCUT2D eigenvalue weighted by molar-refractivity contribution is -0.143. The van der Waals surface area contributed by atoms with Crippen LogP contribution in [0.1, 0.15) is 32.6 Å². The maximum atomic E-state index is 11.9.